The molecule has 154 valence electrons. The van der Waals surface area contributed by atoms with E-state index in [4.69, 9.17) is 4.74 Å². The molecule has 0 spiro atoms. The summed E-state index contributed by atoms with van der Waals surface area (Å²) < 4.78 is 7.02. The second kappa shape index (κ2) is 8.29. The van der Waals surface area contributed by atoms with Gasteiger partial charge in [-0.1, -0.05) is 12.1 Å². The van der Waals surface area contributed by atoms with Crippen LogP contribution in [0, 0.1) is 10.1 Å². The van der Waals surface area contributed by atoms with Crippen molar-refractivity contribution in [1.82, 2.24) is 0 Å². The van der Waals surface area contributed by atoms with Gasteiger partial charge in [-0.15, -0.1) is 11.3 Å². The quantitative estimate of drug-likeness (QED) is 0.241. The molecule has 0 saturated heterocycles. The molecule has 0 aliphatic heterocycles. The van der Waals surface area contributed by atoms with Crippen molar-refractivity contribution in [3.05, 3.63) is 88.5 Å². The SMILES string of the molecule is O=C(/C=C/c1ccc(Oc2c(-c3ccc(O)cc3)sc3cc(O)ccc23)cc1)[N+](=O)[O-]. The molecule has 4 aromatic rings. The van der Waals surface area contributed by atoms with Crippen molar-refractivity contribution in [3.63, 3.8) is 0 Å². The van der Waals surface area contributed by atoms with Gasteiger partial charge in [-0.3, -0.25) is 10.1 Å². The lowest BCUT2D eigenvalue weighted by atomic mass is 10.1. The van der Waals surface area contributed by atoms with Gasteiger partial charge in [0.2, 0.25) is 0 Å². The molecule has 0 fully saturated rings. The number of hydrogen-bond donors (Lipinski definition) is 2. The Morgan fingerprint density at radius 2 is 1.65 bits per heavy atom. The zero-order valence-corrected chi connectivity index (χ0v) is 16.7. The number of ether oxygens (including phenoxy) is 1. The molecule has 0 aliphatic carbocycles. The number of amides is 1. The van der Waals surface area contributed by atoms with Gasteiger partial charge in [0.25, 0.3) is 0 Å². The lowest BCUT2D eigenvalue weighted by molar-refractivity contribution is -0.395. The third-order valence-corrected chi connectivity index (χ3v) is 5.64. The van der Waals surface area contributed by atoms with Crippen LogP contribution in [0.1, 0.15) is 5.56 Å². The summed E-state index contributed by atoms with van der Waals surface area (Å²) in [4.78, 5) is 21.3. The van der Waals surface area contributed by atoms with Gasteiger partial charge in [0.1, 0.15) is 22.2 Å². The first-order chi connectivity index (χ1) is 14.9. The Balaban J connectivity index is 1.69. The monoisotopic (exact) mass is 433 g/mol. The third-order valence-electron chi connectivity index (χ3n) is 4.46. The summed E-state index contributed by atoms with van der Waals surface area (Å²) >= 11 is 1.45. The predicted molar refractivity (Wildman–Crippen MR) is 118 cm³/mol. The zero-order chi connectivity index (χ0) is 22.0. The molecule has 0 aliphatic rings. The zero-order valence-electron chi connectivity index (χ0n) is 15.9. The number of carbonyl (C=O) groups excluding carboxylic acids is 1. The molecule has 1 aromatic heterocycles. The summed E-state index contributed by atoms with van der Waals surface area (Å²) in [7, 11) is 0. The van der Waals surface area contributed by atoms with Gasteiger partial charge in [0.15, 0.2) is 5.75 Å². The molecule has 0 radical (unpaired) electrons. The Morgan fingerprint density at radius 3 is 2.32 bits per heavy atom. The van der Waals surface area contributed by atoms with E-state index in [9.17, 15) is 25.1 Å². The first-order valence-corrected chi connectivity index (χ1v) is 9.91. The highest BCUT2D eigenvalue weighted by Gasteiger charge is 2.17. The molecule has 1 amide bonds. The van der Waals surface area contributed by atoms with E-state index in [1.54, 1.807) is 66.7 Å². The number of phenols is 2. The van der Waals surface area contributed by atoms with Gasteiger partial charge in [-0.25, -0.2) is 4.79 Å². The smallest absolute Gasteiger partial charge is 0.469 e. The number of nitrogens with zero attached hydrogens (tertiary/aromatic N) is 1. The molecular weight excluding hydrogens is 418 g/mol. The van der Waals surface area contributed by atoms with Gasteiger partial charge in [0, 0.05) is 10.1 Å². The van der Waals surface area contributed by atoms with Crippen LogP contribution >= 0.6 is 11.3 Å². The van der Waals surface area contributed by atoms with Crippen LogP contribution in [-0.2, 0) is 4.79 Å². The maximum atomic E-state index is 11.1. The van der Waals surface area contributed by atoms with Gasteiger partial charge in [-0.05, 0) is 71.8 Å². The van der Waals surface area contributed by atoms with Gasteiger partial charge >= 0.3 is 5.91 Å². The minimum Gasteiger partial charge on any atom is -0.508 e. The molecule has 1 heterocycles. The first-order valence-electron chi connectivity index (χ1n) is 9.10. The first kappa shape index (κ1) is 20.1. The largest absolute Gasteiger partial charge is 0.508 e. The number of benzene rings is 3. The van der Waals surface area contributed by atoms with E-state index in [0.717, 1.165) is 26.6 Å². The Bertz CT molecular complexity index is 1310. The summed E-state index contributed by atoms with van der Waals surface area (Å²) in [5.74, 6) is 0.261. The van der Waals surface area contributed by atoms with Crippen molar-refractivity contribution >= 4 is 33.4 Å². The summed E-state index contributed by atoms with van der Waals surface area (Å²) in [5.41, 5.74) is 1.47. The molecule has 0 unspecified atom stereocenters. The minimum absolute atomic E-state index is 0.151. The highest BCUT2D eigenvalue weighted by atomic mass is 32.1. The number of thiophene rings is 1. The second-order valence-corrected chi connectivity index (χ2v) is 7.64. The van der Waals surface area contributed by atoms with Crippen molar-refractivity contribution in [2.45, 2.75) is 0 Å². The highest BCUT2D eigenvalue weighted by Crippen LogP contribution is 2.47. The maximum absolute atomic E-state index is 11.1. The summed E-state index contributed by atoms with van der Waals surface area (Å²) in [6.45, 7) is 0. The molecule has 2 N–H and O–H groups in total. The van der Waals surface area contributed by atoms with Crippen LogP contribution in [0.2, 0.25) is 0 Å². The number of fused-ring (bicyclic) bond motifs is 1. The number of hydrogen-bond acceptors (Lipinski definition) is 7. The fraction of sp³-hybridized carbons (Fsp3) is 0. The molecule has 4 rings (SSSR count). The molecule has 0 bridgehead atoms. The molecule has 0 saturated carbocycles. The third kappa shape index (κ3) is 4.39. The average molecular weight is 433 g/mol. The lowest BCUT2D eigenvalue weighted by Gasteiger charge is -2.09. The van der Waals surface area contributed by atoms with E-state index in [1.807, 2.05) is 0 Å². The summed E-state index contributed by atoms with van der Waals surface area (Å²) in [5, 5.41) is 30.7. The van der Waals surface area contributed by atoms with Crippen molar-refractivity contribution in [1.29, 1.82) is 0 Å². The predicted octanol–water partition coefficient (Wildman–Crippen LogP) is 5.59. The van der Waals surface area contributed by atoms with Crippen molar-refractivity contribution < 1.29 is 24.7 Å². The van der Waals surface area contributed by atoms with E-state index in [1.165, 1.54) is 17.4 Å². The molecular formula is C23H15NO6S. The fourth-order valence-electron chi connectivity index (χ4n) is 2.96. The molecule has 8 heteroatoms. The van der Waals surface area contributed by atoms with Crippen molar-refractivity contribution in [3.8, 4) is 33.4 Å². The second-order valence-electron chi connectivity index (χ2n) is 6.59. The molecule has 7 nitrogen and oxygen atoms in total. The van der Waals surface area contributed by atoms with E-state index in [0.29, 0.717) is 17.1 Å². The lowest BCUT2D eigenvalue weighted by Crippen LogP contribution is -2.06. The van der Waals surface area contributed by atoms with Crippen LogP contribution in [-0.4, -0.2) is 21.0 Å². The van der Waals surface area contributed by atoms with Crippen LogP contribution in [0.15, 0.2) is 72.8 Å². The topological polar surface area (TPSA) is 110 Å². The number of nitro groups is 1. The van der Waals surface area contributed by atoms with Gasteiger partial charge in [-0.2, -0.15) is 0 Å². The average Bonchev–Trinajstić information content (AvgIpc) is 3.10. The molecule has 0 atom stereocenters. The maximum Gasteiger partial charge on any atom is 0.469 e. The van der Waals surface area contributed by atoms with E-state index in [-0.39, 0.29) is 11.5 Å². The Labute approximate surface area is 180 Å². The standard InChI is InChI=1S/C23H15NO6S/c25-16-6-4-15(5-7-16)23-22(19-11-8-17(26)13-20(19)31-23)30-18-9-1-14(2-10-18)3-12-21(27)24(28)29/h1-13,25-26H/b12-3+. The van der Waals surface area contributed by atoms with Crippen LogP contribution < -0.4 is 4.74 Å². The minimum atomic E-state index is -1.19. The fourth-order valence-corrected chi connectivity index (χ4v) is 4.13. The summed E-state index contributed by atoms with van der Waals surface area (Å²) in [6, 6.07) is 18.5. The number of carbonyl (C=O) groups is 1. The van der Waals surface area contributed by atoms with Crippen LogP contribution in [0.4, 0.5) is 0 Å². The normalized spacial score (nSPS) is 11.1. The van der Waals surface area contributed by atoms with Gasteiger partial charge < -0.3 is 14.9 Å². The highest BCUT2D eigenvalue weighted by molar-refractivity contribution is 7.22. The molecule has 3 aromatic carbocycles. The van der Waals surface area contributed by atoms with Crippen LogP contribution in [0.25, 0.3) is 26.6 Å². The van der Waals surface area contributed by atoms with Crippen molar-refractivity contribution in [2.24, 2.45) is 0 Å². The van der Waals surface area contributed by atoms with E-state index >= 15 is 0 Å². The number of phenolic OH excluding ortho intramolecular Hbond substituents is 2. The van der Waals surface area contributed by atoms with Gasteiger partial charge in [0.05, 0.1) is 11.0 Å². The van der Waals surface area contributed by atoms with Crippen molar-refractivity contribution in [2.75, 3.05) is 0 Å². The Kier molecular flexibility index (Phi) is 5.38. The summed E-state index contributed by atoms with van der Waals surface area (Å²) in [6.07, 6.45) is 2.26. The number of aromatic hydroxyl groups is 2. The van der Waals surface area contributed by atoms with Crippen LogP contribution in [0.5, 0.6) is 23.0 Å². The van der Waals surface area contributed by atoms with E-state index < -0.39 is 10.8 Å². The number of rotatable bonds is 5. The molecule has 31 heavy (non-hydrogen) atoms. The Morgan fingerprint density at radius 1 is 0.968 bits per heavy atom. The van der Waals surface area contributed by atoms with Crippen LogP contribution in [0.3, 0.4) is 0 Å². The van der Waals surface area contributed by atoms with E-state index in [2.05, 4.69) is 0 Å². The Hall–Kier alpha value is -4.17.